The SMILES string of the molecule is NCc1cnc(OCCC2CC2)cn1. The van der Waals surface area contributed by atoms with Crippen LogP contribution in [0.25, 0.3) is 0 Å². The van der Waals surface area contributed by atoms with E-state index in [-0.39, 0.29) is 0 Å². The Morgan fingerprint density at radius 1 is 1.36 bits per heavy atom. The Morgan fingerprint density at radius 2 is 2.21 bits per heavy atom. The first-order valence-electron chi connectivity index (χ1n) is 5.02. The van der Waals surface area contributed by atoms with Crippen LogP contribution in [-0.4, -0.2) is 16.6 Å². The Bertz CT molecular complexity index is 282. The Balaban J connectivity index is 1.77. The Morgan fingerprint density at radius 3 is 2.79 bits per heavy atom. The van der Waals surface area contributed by atoms with Crippen molar-refractivity contribution >= 4 is 0 Å². The molecule has 0 saturated heterocycles. The topological polar surface area (TPSA) is 61.0 Å². The summed E-state index contributed by atoms with van der Waals surface area (Å²) in [5.74, 6) is 1.49. The third-order valence-electron chi connectivity index (χ3n) is 2.36. The van der Waals surface area contributed by atoms with Gasteiger partial charge in [0.25, 0.3) is 0 Å². The lowest BCUT2D eigenvalue weighted by Crippen LogP contribution is -2.03. The van der Waals surface area contributed by atoms with Crippen molar-refractivity contribution in [3.63, 3.8) is 0 Å². The molecule has 0 bridgehead atoms. The highest BCUT2D eigenvalue weighted by atomic mass is 16.5. The first-order valence-corrected chi connectivity index (χ1v) is 5.02. The molecular weight excluding hydrogens is 178 g/mol. The Labute approximate surface area is 83.5 Å². The largest absolute Gasteiger partial charge is 0.477 e. The lowest BCUT2D eigenvalue weighted by atomic mass is 10.3. The van der Waals surface area contributed by atoms with Crippen molar-refractivity contribution in [2.75, 3.05) is 6.61 Å². The third kappa shape index (κ3) is 2.67. The minimum Gasteiger partial charge on any atom is -0.477 e. The third-order valence-corrected chi connectivity index (χ3v) is 2.36. The van der Waals surface area contributed by atoms with Gasteiger partial charge >= 0.3 is 0 Å². The molecule has 1 aliphatic carbocycles. The molecule has 14 heavy (non-hydrogen) atoms. The first kappa shape index (κ1) is 9.40. The predicted octanol–water partition coefficient (Wildman–Crippen LogP) is 1.11. The first-order chi connectivity index (χ1) is 6.88. The summed E-state index contributed by atoms with van der Waals surface area (Å²) in [7, 11) is 0. The maximum atomic E-state index is 5.44. The predicted molar refractivity (Wildman–Crippen MR) is 52.8 cm³/mol. The van der Waals surface area contributed by atoms with Gasteiger partial charge in [0, 0.05) is 6.54 Å². The molecule has 0 unspecified atom stereocenters. The smallest absolute Gasteiger partial charge is 0.232 e. The van der Waals surface area contributed by atoms with Gasteiger partial charge in [-0.1, -0.05) is 12.8 Å². The quantitative estimate of drug-likeness (QED) is 0.761. The molecule has 1 aromatic rings. The molecule has 1 aromatic heterocycles. The highest BCUT2D eigenvalue weighted by molar-refractivity contribution is 5.06. The second kappa shape index (κ2) is 4.37. The van der Waals surface area contributed by atoms with Crippen LogP contribution in [0.4, 0.5) is 0 Å². The maximum Gasteiger partial charge on any atom is 0.232 e. The fourth-order valence-electron chi connectivity index (χ4n) is 1.26. The fraction of sp³-hybridized carbons (Fsp3) is 0.600. The minimum absolute atomic E-state index is 0.426. The van der Waals surface area contributed by atoms with Gasteiger partial charge in [0.05, 0.1) is 24.7 Å². The standard InChI is InChI=1S/C10H15N3O/c11-5-9-6-13-10(7-12-9)14-4-3-8-1-2-8/h6-8H,1-5,11H2. The van der Waals surface area contributed by atoms with Crippen LogP contribution in [0.1, 0.15) is 25.0 Å². The van der Waals surface area contributed by atoms with Gasteiger partial charge in [-0.3, -0.25) is 4.98 Å². The number of rotatable bonds is 5. The van der Waals surface area contributed by atoms with E-state index in [4.69, 9.17) is 10.5 Å². The molecule has 0 aromatic carbocycles. The molecule has 0 spiro atoms. The minimum atomic E-state index is 0.426. The Hall–Kier alpha value is -1.16. The second-order valence-electron chi connectivity index (χ2n) is 3.63. The summed E-state index contributed by atoms with van der Waals surface area (Å²) in [5, 5.41) is 0. The molecule has 0 atom stereocenters. The molecule has 1 saturated carbocycles. The maximum absolute atomic E-state index is 5.44. The average molecular weight is 193 g/mol. The summed E-state index contributed by atoms with van der Waals surface area (Å²) in [4.78, 5) is 8.20. The van der Waals surface area contributed by atoms with E-state index in [1.165, 1.54) is 12.8 Å². The fourth-order valence-corrected chi connectivity index (χ4v) is 1.26. The zero-order valence-electron chi connectivity index (χ0n) is 8.15. The molecule has 4 heteroatoms. The monoisotopic (exact) mass is 193 g/mol. The highest BCUT2D eigenvalue weighted by Gasteiger charge is 2.20. The second-order valence-corrected chi connectivity index (χ2v) is 3.63. The van der Waals surface area contributed by atoms with Crippen molar-refractivity contribution < 1.29 is 4.74 Å². The van der Waals surface area contributed by atoms with Crippen LogP contribution in [-0.2, 0) is 6.54 Å². The molecule has 0 aliphatic heterocycles. The van der Waals surface area contributed by atoms with Crippen molar-refractivity contribution in [1.29, 1.82) is 0 Å². The molecule has 0 radical (unpaired) electrons. The van der Waals surface area contributed by atoms with Crippen LogP contribution in [0.5, 0.6) is 5.88 Å². The van der Waals surface area contributed by atoms with E-state index in [1.807, 2.05) is 0 Å². The van der Waals surface area contributed by atoms with E-state index in [1.54, 1.807) is 12.4 Å². The van der Waals surface area contributed by atoms with Crippen LogP contribution in [0, 0.1) is 5.92 Å². The van der Waals surface area contributed by atoms with Gasteiger partial charge in [0.2, 0.25) is 5.88 Å². The van der Waals surface area contributed by atoms with Crippen molar-refractivity contribution in [3.8, 4) is 5.88 Å². The normalized spacial score (nSPS) is 15.5. The number of hydrogen-bond acceptors (Lipinski definition) is 4. The zero-order valence-corrected chi connectivity index (χ0v) is 8.15. The van der Waals surface area contributed by atoms with Crippen molar-refractivity contribution in [3.05, 3.63) is 18.1 Å². The summed E-state index contributed by atoms with van der Waals surface area (Å²) in [6.45, 7) is 1.18. The van der Waals surface area contributed by atoms with Crippen LogP contribution >= 0.6 is 0 Å². The van der Waals surface area contributed by atoms with Gasteiger partial charge < -0.3 is 10.5 Å². The molecule has 4 nitrogen and oxygen atoms in total. The van der Waals surface area contributed by atoms with Crippen molar-refractivity contribution in [2.24, 2.45) is 11.7 Å². The molecule has 1 aliphatic rings. The summed E-state index contributed by atoms with van der Waals surface area (Å²) >= 11 is 0. The lowest BCUT2D eigenvalue weighted by Gasteiger charge is -2.03. The molecule has 2 rings (SSSR count). The van der Waals surface area contributed by atoms with Crippen molar-refractivity contribution in [1.82, 2.24) is 9.97 Å². The molecule has 1 heterocycles. The number of ether oxygens (including phenoxy) is 1. The molecule has 0 amide bonds. The molecule has 2 N–H and O–H groups in total. The summed E-state index contributed by atoms with van der Waals surface area (Å²) < 4.78 is 5.44. The van der Waals surface area contributed by atoms with Gasteiger partial charge in [-0.15, -0.1) is 0 Å². The van der Waals surface area contributed by atoms with Crippen LogP contribution in [0.2, 0.25) is 0 Å². The van der Waals surface area contributed by atoms with Crippen molar-refractivity contribution in [2.45, 2.75) is 25.8 Å². The van der Waals surface area contributed by atoms with E-state index in [2.05, 4.69) is 9.97 Å². The van der Waals surface area contributed by atoms with E-state index in [0.717, 1.165) is 24.6 Å². The molecular formula is C10H15N3O. The molecule has 1 fully saturated rings. The van der Waals surface area contributed by atoms with Gasteiger partial charge in [-0.2, -0.15) is 0 Å². The van der Waals surface area contributed by atoms with E-state index in [0.29, 0.717) is 12.4 Å². The summed E-state index contributed by atoms with van der Waals surface area (Å²) in [6.07, 6.45) is 7.16. The number of nitrogens with two attached hydrogens (primary N) is 1. The number of aromatic nitrogens is 2. The summed E-state index contributed by atoms with van der Waals surface area (Å²) in [5.41, 5.74) is 6.20. The van der Waals surface area contributed by atoms with Crippen LogP contribution in [0.15, 0.2) is 12.4 Å². The highest BCUT2D eigenvalue weighted by Crippen LogP contribution is 2.32. The lowest BCUT2D eigenvalue weighted by molar-refractivity contribution is 0.290. The zero-order chi connectivity index (χ0) is 9.80. The average Bonchev–Trinajstić information content (AvgIpc) is 3.03. The molecule has 76 valence electrons. The van der Waals surface area contributed by atoms with Gasteiger partial charge in [-0.25, -0.2) is 4.98 Å². The van der Waals surface area contributed by atoms with Gasteiger partial charge in [0.15, 0.2) is 0 Å². The van der Waals surface area contributed by atoms with Gasteiger partial charge in [0.1, 0.15) is 0 Å². The van der Waals surface area contributed by atoms with Crippen LogP contribution < -0.4 is 10.5 Å². The van der Waals surface area contributed by atoms with Crippen LogP contribution in [0.3, 0.4) is 0 Å². The van der Waals surface area contributed by atoms with Gasteiger partial charge in [-0.05, 0) is 12.3 Å². The Kier molecular flexibility index (Phi) is 2.93. The van der Waals surface area contributed by atoms with E-state index < -0.39 is 0 Å². The number of hydrogen-bond donors (Lipinski definition) is 1. The van der Waals surface area contributed by atoms with E-state index in [9.17, 15) is 0 Å². The van der Waals surface area contributed by atoms with E-state index >= 15 is 0 Å². The summed E-state index contributed by atoms with van der Waals surface area (Å²) in [6, 6.07) is 0. The number of nitrogens with zero attached hydrogens (tertiary/aromatic N) is 2.